The summed E-state index contributed by atoms with van der Waals surface area (Å²) in [5.74, 6) is -4.22. The Morgan fingerprint density at radius 1 is 0.948 bits per heavy atom. The van der Waals surface area contributed by atoms with Gasteiger partial charge in [-0.05, 0) is 84.8 Å². The minimum absolute atomic E-state index is 0.0676. The number of carbonyl (C=O) groups is 4. The highest BCUT2D eigenvalue weighted by Crippen LogP contribution is 2.49. The number of hydrogen-bond donors (Lipinski definition) is 2. The first kappa shape index (κ1) is 61.0. The number of nitrogens with zero attached hydrogens (tertiary/aromatic N) is 4. The van der Waals surface area contributed by atoms with E-state index in [9.17, 15) is 24.6 Å². The fourth-order valence-corrected chi connectivity index (χ4v) is 14.4. The first-order valence-electron chi connectivity index (χ1n) is 27.3. The fourth-order valence-electron chi connectivity index (χ4n) is 12.4. The molecular weight excluding hydrogens is 1060 g/mol. The number of ketones is 1. The van der Waals surface area contributed by atoms with Crippen molar-refractivity contribution < 1.29 is 67.3 Å². The maximum absolute atomic E-state index is 15.3. The number of rotatable bonds is 15. The van der Waals surface area contributed by atoms with Gasteiger partial charge in [0.15, 0.2) is 23.4 Å². The number of cyclic esters (lactones) is 1. The number of fused-ring (bicyclic) bond motifs is 1. The summed E-state index contributed by atoms with van der Waals surface area (Å²) in [6.45, 7) is 16.4. The Morgan fingerprint density at radius 3 is 2.26 bits per heavy atom. The quantitative estimate of drug-likeness (QED) is 0.162. The molecule has 0 radical (unpaired) electrons. The summed E-state index contributed by atoms with van der Waals surface area (Å²) < 4.78 is 49.9. The molecule has 1 saturated carbocycles. The second-order valence-corrected chi connectivity index (χ2v) is 24.3. The van der Waals surface area contributed by atoms with Gasteiger partial charge < -0.3 is 62.8 Å². The van der Waals surface area contributed by atoms with E-state index in [0.717, 1.165) is 31.4 Å². The van der Waals surface area contributed by atoms with Gasteiger partial charge in [0.05, 0.1) is 72.3 Å². The molecule has 2 N–H and O–H groups in total. The van der Waals surface area contributed by atoms with Gasteiger partial charge in [-0.2, -0.15) is 0 Å². The molecule has 2 aromatic rings. The van der Waals surface area contributed by atoms with Crippen molar-refractivity contribution in [1.29, 1.82) is 0 Å². The van der Waals surface area contributed by atoms with E-state index in [4.69, 9.17) is 61.1 Å². The van der Waals surface area contributed by atoms with E-state index in [0.29, 0.717) is 72.1 Å². The lowest BCUT2D eigenvalue weighted by Crippen LogP contribution is -2.62. The molecule has 0 spiro atoms. The van der Waals surface area contributed by atoms with Crippen LogP contribution in [0, 0.1) is 29.6 Å². The molecule has 1 aliphatic carbocycles. The molecule has 5 fully saturated rings. The maximum Gasteiger partial charge on any atom is 0.320 e. The highest BCUT2D eigenvalue weighted by molar-refractivity contribution is 8.00. The minimum Gasteiger partial charge on any atom is -0.493 e. The molecule has 1 aromatic carbocycles. The van der Waals surface area contributed by atoms with E-state index >= 15 is 4.79 Å². The molecule has 15 atom stereocenters. The number of anilines is 1. The van der Waals surface area contributed by atoms with Gasteiger partial charge in [0, 0.05) is 99.5 Å². The van der Waals surface area contributed by atoms with Gasteiger partial charge in [-0.15, -0.1) is 11.8 Å². The average Bonchev–Trinajstić information content (AvgIpc) is 4.07. The summed E-state index contributed by atoms with van der Waals surface area (Å²) in [5, 5.41) is 24.2. The van der Waals surface area contributed by atoms with Crippen molar-refractivity contribution in [3.05, 3.63) is 46.2 Å². The number of halogens is 2. The van der Waals surface area contributed by atoms with E-state index in [1.807, 2.05) is 32.0 Å². The zero-order valence-corrected chi connectivity index (χ0v) is 48.9. The molecule has 1 unspecified atom stereocenters. The summed E-state index contributed by atoms with van der Waals surface area (Å²) >= 11 is 14.8. The average molecular weight is 1140 g/mol. The molecule has 2 amide bonds. The number of benzene rings is 1. The molecule has 5 aliphatic rings. The number of amides is 2. The van der Waals surface area contributed by atoms with Crippen LogP contribution in [-0.4, -0.2) is 174 Å². The van der Waals surface area contributed by atoms with Gasteiger partial charge >= 0.3 is 18.0 Å². The van der Waals surface area contributed by atoms with Crippen LogP contribution in [0.4, 0.5) is 10.5 Å². The number of methoxy groups -OCH3 is 2. The normalized spacial score (nSPS) is 34.7. The van der Waals surface area contributed by atoms with Gasteiger partial charge in [0.1, 0.15) is 23.2 Å². The van der Waals surface area contributed by atoms with Crippen LogP contribution in [0.25, 0.3) is 0 Å². The van der Waals surface area contributed by atoms with Crippen molar-refractivity contribution in [1.82, 2.24) is 14.8 Å². The lowest BCUT2D eigenvalue weighted by molar-refractivity contribution is -0.300. The zero-order valence-electron chi connectivity index (χ0n) is 46.6. The summed E-state index contributed by atoms with van der Waals surface area (Å²) in [6, 6.07) is 4.79. The Hall–Kier alpha value is -3.66. The zero-order chi connectivity index (χ0) is 56.1. The van der Waals surface area contributed by atoms with Crippen molar-refractivity contribution in [3.8, 4) is 11.5 Å². The van der Waals surface area contributed by atoms with Crippen molar-refractivity contribution in [2.75, 3.05) is 64.8 Å². The number of hydrogen-bond acceptors (Lipinski definition) is 17. The minimum atomic E-state index is -1.46. The number of urea groups is 1. The van der Waals surface area contributed by atoms with E-state index < -0.39 is 101 Å². The lowest BCUT2D eigenvalue weighted by Gasteiger charge is -2.48. The maximum atomic E-state index is 15.3. The number of aliphatic hydroxyl groups is 2. The topological polar surface area (TPSA) is 205 Å². The number of aliphatic hydroxyl groups excluding tert-OH is 2. The van der Waals surface area contributed by atoms with E-state index in [1.165, 1.54) is 23.8 Å². The molecule has 18 nitrogen and oxygen atoms in total. The molecular formula is C56H82Cl2N4O14S. The van der Waals surface area contributed by atoms with Crippen LogP contribution in [-0.2, 0) is 49.3 Å². The van der Waals surface area contributed by atoms with Gasteiger partial charge in [-0.3, -0.25) is 19.4 Å². The van der Waals surface area contributed by atoms with Crippen LogP contribution in [0.15, 0.2) is 30.6 Å². The largest absolute Gasteiger partial charge is 0.493 e. The van der Waals surface area contributed by atoms with Crippen LogP contribution in [0.3, 0.4) is 0 Å². The number of esters is 2. The fraction of sp³-hybridized carbons (Fsp3) is 0.732. The van der Waals surface area contributed by atoms with Crippen LogP contribution in [0.1, 0.15) is 106 Å². The number of morpholine rings is 1. The summed E-state index contributed by atoms with van der Waals surface area (Å²) in [6.07, 6.45) is 1.27. The van der Waals surface area contributed by atoms with Gasteiger partial charge in [0.25, 0.3) is 0 Å². The molecule has 430 valence electrons. The number of aromatic nitrogens is 1. The number of pyridine rings is 1. The van der Waals surface area contributed by atoms with E-state index in [1.54, 1.807) is 73.0 Å². The standard InChI is InChI=1S/C56H82Cl2N4O14S/c1-12-44-56(8)45(49(52(67)76-56)77-24-21-62(30-38-39(57)28-59-29-40(38)58)36-17-18-42(69-10)43(26-36)73-37-15-13-14-16-37)33(4)46(63)31(2)27-55(7,70-11)50(34(5)47(64)35(6)51(66)74-44)75-53-48(65)41(25-32(3)72-53)60(9)54(68)61-19-22-71-23-20-61/h17-18,26,28-29,31-35,37,41,44-45,47-50,53,64-65H,12-16,19-25,27,30H2,1-11H3/t31-,32-,33-,34+,35-,41+,44-,45+,47+,48-,49+,50?,53+,55-,56-/m1/s1. The SMILES string of the molecule is CC[C@H]1OC(=O)[C@H](C)[C@@H](O)[C@H](C)C(O[C@@H]2O[C@H](C)C[C@H](N(C)C(=O)N3CCOCC3)[C@H]2O)[C@](C)(OC)C[C@@H](C)C(=O)[C@H](C)[C@H]2[C@H](SCCN(Cc3c(Cl)cncc3Cl)c3ccc(OC)c(OC4CCCC4)c3)C(=O)O[C@@]21C. The number of thioether (sulfide) groups is 1. The van der Waals surface area contributed by atoms with E-state index in [2.05, 4.69) is 9.88 Å². The molecule has 77 heavy (non-hydrogen) atoms. The number of ether oxygens (including phenoxy) is 8. The number of carbonyl (C=O) groups excluding carboxylic acids is 4. The molecule has 1 aromatic heterocycles. The van der Waals surface area contributed by atoms with Crippen molar-refractivity contribution in [2.45, 2.75) is 172 Å². The third-order valence-corrected chi connectivity index (χ3v) is 18.9. The van der Waals surface area contributed by atoms with Crippen LogP contribution >= 0.6 is 35.0 Å². The van der Waals surface area contributed by atoms with Crippen molar-refractivity contribution >= 4 is 64.4 Å². The van der Waals surface area contributed by atoms with Crippen LogP contribution in [0.2, 0.25) is 10.0 Å². The highest BCUT2D eigenvalue weighted by atomic mass is 35.5. The smallest absolute Gasteiger partial charge is 0.320 e. The summed E-state index contributed by atoms with van der Waals surface area (Å²) in [7, 11) is 4.74. The Bertz CT molecular complexity index is 2340. The number of Topliss-reactive ketones (excluding diaryl/α,β-unsaturated/α-hetero) is 1. The highest BCUT2D eigenvalue weighted by Gasteiger charge is 2.62. The number of likely N-dealkylation sites (N-methyl/N-ethyl adjacent to an activating group) is 1. The Morgan fingerprint density at radius 2 is 1.62 bits per heavy atom. The Balaban J connectivity index is 1.18. The molecule has 4 aliphatic heterocycles. The molecule has 4 saturated heterocycles. The third-order valence-electron chi connectivity index (χ3n) is 17.0. The second-order valence-electron chi connectivity index (χ2n) is 22.2. The van der Waals surface area contributed by atoms with Gasteiger partial charge in [0.2, 0.25) is 0 Å². The molecule has 21 heteroatoms. The molecule has 0 bridgehead atoms. The predicted molar refractivity (Wildman–Crippen MR) is 292 cm³/mol. The second kappa shape index (κ2) is 26.3. The van der Waals surface area contributed by atoms with E-state index in [-0.39, 0.29) is 37.3 Å². The summed E-state index contributed by atoms with van der Waals surface area (Å²) in [5.41, 5.74) is -1.34. The Kier molecular flexibility index (Phi) is 20.8. The van der Waals surface area contributed by atoms with Crippen molar-refractivity contribution in [3.63, 3.8) is 0 Å². The monoisotopic (exact) mass is 1140 g/mol. The first-order valence-corrected chi connectivity index (χ1v) is 29.2. The Labute approximate surface area is 468 Å². The van der Waals surface area contributed by atoms with Crippen molar-refractivity contribution in [2.24, 2.45) is 29.6 Å². The molecule has 5 heterocycles. The van der Waals surface area contributed by atoms with Gasteiger partial charge in [-0.1, -0.05) is 50.9 Å². The summed E-state index contributed by atoms with van der Waals surface area (Å²) in [4.78, 5) is 67.4. The van der Waals surface area contributed by atoms with Gasteiger partial charge in [-0.25, -0.2) is 4.79 Å². The predicted octanol–water partition coefficient (Wildman–Crippen LogP) is 8.00. The van der Waals surface area contributed by atoms with Crippen LogP contribution < -0.4 is 14.4 Å². The first-order chi connectivity index (χ1) is 36.6. The molecule has 7 rings (SSSR count). The van der Waals surface area contributed by atoms with Crippen LogP contribution in [0.5, 0.6) is 11.5 Å². The lowest BCUT2D eigenvalue weighted by atomic mass is 9.70. The third kappa shape index (κ3) is 13.4.